The summed E-state index contributed by atoms with van der Waals surface area (Å²) in [6, 6.07) is 8.04. The van der Waals surface area contributed by atoms with Gasteiger partial charge in [-0.3, -0.25) is 24.4 Å². The first-order valence-electron chi connectivity index (χ1n) is 12.5. The predicted octanol–water partition coefficient (Wildman–Crippen LogP) is 2.63. The Labute approximate surface area is 197 Å². The van der Waals surface area contributed by atoms with Gasteiger partial charge in [0.15, 0.2) is 0 Å². The molecular formula is C26H37N5O2. The molecule has 0 N–H and O–H groups in total. The standard InChI is InChI=1S/C26H37N5O2/c1-4-28-15-12-23-21(18-28)25(20-10-7-8-11-22(20)27-23)26(33)31-14-9-13-29(16-17-31)19-24(32)30(5-2)6-3/h7-8,10-11H,4-6,9,12-19H2,1-3H3. The van der Waals surface area contributed by atoms with E-state index in [2.05, 4.69) is 16.7 Å². The third-order valence-electron chi connectivity index (χ3n) is 7.14. The molecule has 2 aromatic rings. The second-order valence-electron chi connectivity index (χ2n) is 9.04. The fourth-order valence-electron chi connectivity index (χ4n) is 5.12. The van der Waals surface area contributed by atoms with Crippen molar-refractivity contribution in [3.63, 3.8) is 0 Å². The molecule has 0 unspecified atom stereocenters. The molecule has 0 radical (unpaired) electrons. The van der Waals surface area contributed by atoms with E-state index in [0.29, 0.717) is 13.1 Å². The van der Waals surface area contributed by atoms with Crippen LogP contribution in [0, 0.1) is 0 Å². The second-order valence-corrected chi connectivity index (χ2v) is 9.04. The van der Waals surface area contributed by atoms with E-state index in [1.54, 1.807) is 0 Å². The molecule has 2 aliphatic heterocycles. The Hall–Kier alpha value is -2.51. The molecule has 1 fully saturated rings. The summed E-state index contributed by atoms with van der Waals surface area (Å²) in [6.07, 6.45) is 1.76. The zero-order valence-corrected chi connectivity index (χ0v) is 20.3. The van der Waals surface area contributed by atoms with Crippen LogP contribution in [0.2, 0.25) is 0 Å². The van der Waals surface area contributed by atoms with Gasteiger partial charge in [-0.15, -0.1) is 0 Å². The number of para-hydroxylation sites is 1. The van der Waals surface area contributed by atoms with Gasteiger partial charge in [-0.25, -0.2) is 0 Å². The Bertz CT molecular complexity index is 1000. The van der Waals surface area contributed by atoms with Crippen LogP contribution >= 0.6 is 0 Å². The molecule has 1 aromatic heterocycles. The minimum atomic E-state index is 0.111. The molecule has 0 saturated carbocycles. The molecule has 7 heteroatoms. The highest BCUT2D eigenvalue weighted by Gasteiger charge is 2.29. The van der Waals surface area contributed by atoms with Crippen molar-refractivity contribution < 1.29 is 9.59 Å². The van der Waals surface area contributed by atoms with E-state index >= 15 is 0 Å². The van der Waals surface area contributed by atoms with Gasteiger partial charge in [0.05, 0.1) is 17.6 Å². The van der Waals surface area contributed by atoms with Crippen molar-refractivity contribution in [2.24, 2.45) is 0 Å². The first-order chi connectivity index (χ1) is 16.0. The highest BCUT2D eigenvalue weighted by Crippen LogP contribution is 2.29. The second kappa shape index (κ2) is 10.6. The van der Waals surface area contributed by atoms with E-state index in [1.165, 1.54) is 0 Å². The Morgan fingerprint density at radius 1 is 0.970 bits per heavy atom. The van der Waals surface area contributed by atoms with Crippen molar-refractivity contribution in [3.05, 3.63) is 41.1 Å². The zero-order chi connectivity index (χ0) is 23.4. The van der Waals surface area contributed by atoms with Crippen molar-refractivity contribution in [2.75, 3.05) is 58.9 Å². The van der Waals surface area contributed by atoms with Crippen LogP contribution in [0.15, 0.2) is 24.3 Å². The molecule has 0 bridgehead atoms. The Kier molecular flexibility index (Phi) is 7.60. The van der Waals surface area contributed by atoms with E-state index in [9.17, 15) is 9.59 Å². The minimum Gasteiger partial charge on any atom is -0.342 e. The lowest BCUT2D eigenvalue weighted by Crippen LogP contribution is -2.42. The molecule has 3 heterocycles. The summed E-state index contributed by atoms with van der Waals surface area (Å²) in [5.74, 6) is 0.286. The lowest BCUT2D eigenvalue weighted by Gasteiger charge is -2.30. The third-order valence-corrected chi connectivity index (χ3v) is 7.14. The van der Waals surface area contributed by atoms with Crippen LogP contribution in [-0.2, 0) is 17.8 Å². The van der Waals surface area contributed by atoms with Gasteiger partial charge in [0, 0.05) is 75.4 Å². The summed E-state index contributed by atoms with van der Waals surface area (Å²) < 4.78 is 0. The van der Waals surface area contributed by atoms with Gasteiger partial charge < -0.3 is 9.80 Å². The van der Waals surface area contributed by atoms with E-state index in [4.69, 9.17) is 4.98 Å². The first-order valence-corrected chi connectivity index (χ1v) is 12.5. The quantitative estimate of drug-likeness (QED) is 0.676. The third kappa shape index (κ3) is 5.04. The summed E-state index contributed by atoms with van der Waals surface area (Å²) in [4.78, 5) is 39.9. The van der Waals surface area contributed by atoms with Gasteiger partial charge >= 0.3 is 0 Å². The molecule has 4 rings (SSSR count). The molecule has 2 amide bonds. The number of rotatable bonds is 6. The zero-order valence-electron chi connectivity index (χ0n) is 20.3. The number of hydrogen-bond acceptors (Lipinski definition) is 5. The van der Waals surface area contributed by atoms with Gasteiger partial charge in [0.2, 0.25) is 5.91 Å². The van der Waals surface area contributed by atoms with E-state index < -0.39 is 0 Å². The number of benzene rings is 1. The SMILES string of the molecule is CCN1CCc2nc3ccccc3c(C(=O)N3CCCN(CC(=O)N(CC)CC)CC3)c2C1. The van der Waals surface area contributed by atoms with Crippen molar-refractivity contribution in [2.45, 2.75) is 40.2 Å². The minimum absolute atomic E-state index is 0.111. The van der Waals surface area contributed by atoms with E-state index in [1.807, 2.05) is 47.9 Å². The Morgan fingerprint density at radius 3 is 2.52 bits per heavy atom. The van der Waals surface area contributed by atoms with Gasteiger partial charge in [-0.1, -0.05) is 25.1 Å². The number of likely N-dealkylation sites (N-methyl/N-ethyl adjacent to an activating group) is 2. The predicted molar refractivity (Wildman–Crippen MR) is 131 cm³/mol. The molecule has 178 valence electrons. The number of fused-ring (bicyclic) bond motifs is 2. The summed E-state index contributed by atoms with van der Waals surface area (Å²) >= 11 is 0. The molecule has 0 atom stereocenters. The van der Waals surface area contributed by atoms with Gasteiger partial charge in [-0.2, -0.15) is 0 Å². The van der Waals surface area contributed by atoms with Crippen molar-refractivity contribution in [3.8, 4) is 0 Å². The highest BCUT2D eigenvalue weighted by atomic mass is 16.2. The Morgan fingerprint density at radius 2 is 1.76 bits per heavy atom. The molecule has 0 spiro atoms. The lowest BCUT2D eigenvalue weighted by atomic mass is 9.94. The first kappa shape index (κ1) is 23.6. The Balaban J connectivity index is 1.57. The molecule has 2 aliphatic rings. The molecule has 1 aromatic carbocycles. The summed E-state index contributed by atoms with van der Waals surface area (Å²) in [5, 5.41) is 0.956. The maximum atomic E-state index is 13.9. The van der Waals surface area contributed by atoms with Crippen LogP contribution < -0.4 is 0 Å². The normalized spacial score (nSPS) is 17.6. The number of pyridine rings is 1. The van der Waals surface area contributed by atoms with Crippen LogP contribution in [0.1, 0.15) is 48.8 Å². The largest absolute Gasteiger partial charge is 0.342 e. The van der Waals surface area contributed by atoms with Crippen LogP contribution in [0.3, 0.4) is 0 Å². The summed E-state index contributed by atoms with van der Waals surface area (Å²) in [7, 11) is 0. The van der Waals surface area contributed by atoms with Crippen molar-refractivity contribution in [1.29, 1.82) is 0 Å². The van der Waals surface area contributed by atoms with E-state index in [0.717, 1.165) is 92.9 Å². The fourth-order valence-corrected chi connectivity index (χ4v) is 5.12. The number of carbonyl (C=O) groups is 2. The highest BCUT2D eigenvalue weighted by molar-refractivity contribution is 6.07. The maximum absolute atomic E-state index is 13.9. The van der Waals surface area contributed by atoms with Gasteiger partial charge in [-0.05, 0) is 32.9 Å². The molecule has 7 nitrogen and oxygen atoms in total. The van der Waals surface area contributed by atoms with Gasteiger partial charge in [0.25, 0.3) is 5.91 Å². The van der Waals surface area contributed by atoms with Gasteiger partial charge in [0.1, 0.15) is 0 Å². The van der Waals surface area contributed by atoms with Crippen LogP contribution in [0.5, 0.6) is 0 Å². The monoisotopic (exact) mass is 451 g/mol. The molecule has 33 heavy (non-hydrogen) atoms. The number of aromatic nitrogens is 1. The number of hydrogen-bond donors (Lipinski definition) is 0. The number of amides is 2. The van der Waals surface area contributed by atoms with Crippen molar-refractivity contribution in [1.82, 2.24) is 24.6 Å². The van der Waals surface area contributed by atoms with Crippen LogP contribution in [0.25, 0.3) is 10.9 Å². The smallest absolute Gasteiger partial charge is 0.254 e. The lowest BCUT2D eigenvalue weighted by molar-refractivity contribution is -0.132. The average molecular weight is 452 g/mol. The van der Waals surface area contributed by atoms with Crippen molar-refractivity contribution >= 4 is 22.7 Å². The topological polar surface area (TPSA) is 60.0 Å². The van der Waals surface area contributed by atoms with Crippen LogP contribution in [-0.4, -0.2) is 95.3 Å². The molecular weight excluding hydrogens is 414 g/mol. The van der Waals surface area contributed by atoms with E-state index in [-0.39, 0.29) is 11.8 Å². The molecule has 1 saturated heterocycles. The maximum Gasteiger partial charge on any atom is 0.254 e. The number of carbonyl (C=O) groups excluding carboxylic acids is 2. The fraction of sp³-hybridized carbons (Fsp3) is 0.577. The summed E-state index contributed by atoms with van der Waals surface area (Å²) in [5.41, 5.74) is 3.92. The summed E-state index contributed by atoms with van der Waals surface area (Å²) in [6.45, 7) is 13.8. The number of nitrogens with zero attached hydrogens (tertiary/aromatic N) is 5. The van der Waals surface area contributed by atoms with Crippen LogP contribution in [0.4, 0.5) is 0 Å². The average Bonchev–Trinajstić information content (AvgIpc) is 3.08. The molecule has 0 aliphatic carbocycles.